The summed E-state index contributed by atoms with van der Waals surface area (Å²) in [6, 6.07) is 4.94. The second-order valence-corrected chi connectivity index (χ2v) is 5.80. The summed E-state index contributed by atoms with van der Waals surface area (Å²) >= 11 is 0. The van der Waals surface area contributed by atoms with Gasteiger partial charge in [0.15, 0.2) is 0 Å². The van der Waals surface area contributed by atoms with Crippen molar-refractivity contribution in [2.75, 3.05) is 7.05 Å². The molecule has 0 atom stereocenters. The lowest BCUT2D eigenvalue weighted by Crippen LogP contribution is -2.23. The van der Waals surface area contributed by atoms with Gasteiger partial charge in [-0.2, -0.15) is 0 Å². The zero-order valence-corrected chi connectivity index (χ0v) is 11.6. The summed E-state index contributed by atoms with van der Waals surface area (Å²) in [4.78, 5) is 0.157. The van der Waals surface area contributed by atoms with Crippen LogP contribution in [0.2, 0.25) is 0 Å². The highest BCUT2D eigenvalue weighted by molar-refractivity contribution is 7.89. The lowest BCUT2D eigenvalue weighted by Gasteiger charge is -2.03. The van der Waals surface area contributed by atoms with Crippen LogP contribution < -0.4 is 10.0 Å². The first-order valence-electron chi connectivity index (χ1n) is 5.79. The molecule has 0 bridgehead atoms. The summed E-state index contributed by atoms with van der Waals surface area (Å²) in [6.07, 6.45) is 1.50. The smallest absolute Gasteiger partial charge is 0.244 e. The summed E-state index contributed by atoms with van der Waals surface area (Å²) in [5.74, 6) is 1.51. The molecule has 2 N–H and O–H groups in total. The van der Waals surface area contributed by atoms with Crippen LogP contribution in [0.25, 0.3) is 0 Å². The topological polar surface area (TPSA) is 84.5 Å². The molecule has 0 spiro atoms. The van der Waals surface area contributed by atoms with E-state index in [1.165, 1.54) is 12.3 Å². The van der Waals surface area contributed by atoms with Crippen LogP contribution >= 0.6 is 0 Å². The van der Waals surface area contributed by atoms with Gasteiger partial charge < -0.3 is 14.2 Å². The fraction of sp³-hybridized carbons (Fsp3) is 0.333. The number of hydrogen-bond acceptors (Lipinski definition) is 5. The molecule has 0 fully saturated rings. The van der Waals surface area contributed by atoms with Gasteiger partial charge in [-0.15, -0.1) is 0 Å². The number of furan rings is 2. The van der Waals surface area contributed by atoms with Crippen LogP contribution in [0.3, 0.4) is 0 Å². The molecule has 0 aliphatic heterocycles. The van der Waals surface area contributed by atoms with Crippen LogP contribution in [-0.2, 0) is 23.1 Å². The third-order valence-corrected chi connectivity index (χ3v) is 4.09. The molecule has 6 nitrogen and oxygen atoms in total. The Kier molecular flexibility index (Phi) is 4.08. The lowest BCUT2D eigenvalue weighted by molar-refractivity contribution is 0.465. The van der Waals surface area contributed by atoms with Crippen LogP contribution in [-0.4, -0.2) is 15.5 Å². The molecule has 0 aliphatic rings. The minimum atomic E-state index is -3.60. The van der Waals surface area contributed by atoms with Crippen molar-refractivity contribution < 1.29 is 17.3 Å². The van der Waals surface area contributed by atoms with Crippen molar-refractivity contribution in [1.82, 2.24) is 10.0 Å². The molecule has 0 aliphatic carbocycles. The van der Waals surface area contributed by atoms with Gasteiger partial charge in [0.05, 0.1) is 19.4 Å². The second kappa shape index (κ2) is 5.60. The number of hydrogen-bond donors (Lipinski definition) is 2. The standard InChI is InChI=1S/C12H16N2O4S/c1-9-12(6-11(18-9)7-13-2)19(15,16)14-8-10-4-3-5-17-10/h3-6,13-14H,7-8H2,1-2H3. The van der Waals surface area contributed by atoms with E-state index in [4.69, 9.17) is 8.83 Å². The maximum Gasteiger partial charge on any atom is 0.244 e. The molecule has 0 saturated heterocycles. The van der Waals surface area contributed by atoms with Crippen LogP contribution in [0, 0.1) is 6.92 Å². The monoisotopic (exact) mass is 284 g/mol. The lowest BCUT2D eigenvalue weighted by atomic mass is 10.4. The largest absolute Gasteiger partial charge is 0.468 e. The van der Waals surface area contributed by atoms with E-state index >= 15 is 0 Å². The van der Waals surface area contributed by atoms with Crippen LogP contribution in [0.15, 0.2) is 38.2 Å². The fourth-order valence-corrected chi connectivity index (χ4v) is 2.90. The summed E-state index contributed by atoms with van der Waals surface area (Å²) in [7, 11) is -1.83. The first kappa shape index (κ1) is 13.9. The molecular weight excluding hydrogens is 268 g/mol. The van der Waals surface area contributed by atoms with Gasteiger partial charge >= 0.3 is 0 Å². The number of rotatable bonds is 6. The molecule has 0 aromatic carbocycles. The van der Waals surface area contributed by atoms with E-state index in [0.717, 1.165) is 0 Å². The van der Waals surface area contributed by atoms with Gasteiger partial charge in [-0.25, -0.2) is 13.1 Å². The van der Waals surface area contributed by atoms with E-state index < -0.39 is 10.0 Å². The van der Waals surface area contributed by atoms with Gasteiger partial charge in [0, 0.05) is 6.07 Å². The van der Waals surface area contributed by atoms with Crippen molar-refractivity contribution in [1.29, 1.82) is 0 Å². The molecule has 2 rings (SSSR count). The Bertz CT molecular complexity index is 629. The molecule has 104 valence electrons. The average Bonchev–Trinajstić information content (AvgIpc) is 2.97. The third kappa shape index (κ3) is 3.25. The molecule has 0 unspecified atom stereocenters. The van der Waals surface area contributed by atoms with Gasteiger partial charge in [0.25, 0.3) is 0 Å². The van der Waals surface area contributed by atoms with E-state index in [1.54, 1.807) is 26.1 Å². The van der Waals surface area contributed by atoms with Gasteiger partial charge in [-0.05, 0) is 26.1 Å². The Morgan fingerprint density at radius 1 is 1.26 bits per heavy atom. The Morgan fingerprint density at radius 2 is 2.05 bits per heavy atom. The first-order valence-corrected chi connectivity index (χ1v) is 7.27. The van der Waals surface area contributed by atoms with Crippen molar-refractivity contribution in [2.45, 2.75) is 24.9 Å². The van der Waals surface area contributed by atoms with Gasteiger partial charge in [0.2, 0.25) is 10.0 Å². The van der Waals surface area contributed by atoms with E-state index in [-0.39, 0.29) is 11.4 Å². The molecule has 7 heteroatoms. The van der Waals surface area contributed by atoms with Gasteiger partial charge in [0.1, 0.15) is 22.2 Å². The number of aryl methyl sites for hydroxylation is 1. The van der Waals surface area contributed by atoms with Crippen molar-refractivity contribution in [3.05, 3.63) is 41.7 Å². The Balaban J connectivity index is 2.14. The molecule has 0 radical (unpaired) electrons. The maximum atomic E-state index is 12.1. The van der Waals surface area contributed by atoms with Crippen molar-refractivity contribution in [2.24, 2.45) is 0 Å². The van der Waals surface area contributed by atoms with Gasteiger partial charge in [-0.3, -0.25) is 0 Å². The summed E-state index contributed by atoms with van der Waals surface area (Å²) in [6.45, 7) is 2.22. The first-order chi connectivity index (χ1) is 9.03. The predicted octanol–water partition coefficient (Wildman–Crippen LogP) is 1.38. The van der Waals surface area contributed by atoms with Crippen LogP contribution in [0.4, 0.5) is 0 Å². The summed E-state index contributed by atoms with van der Waals surface area (Å²) < 4.78 is 37.2. The van der Waals surface area contributed by atoms with Crippen molar-refractivity contribution in [3.8, 4) is 0 Å². The van der Waals surface area contributed by atoms with E-state index in [2.05, 4.69) is 10.0 Å². The number of sulfonamides is 1. The highest BCUT2D eigenvalue weighted by atomic mass is 32.2. The summed E-state index contributed by atoms with van der Waals surface area (Å²) in [5.41, 5.74) is 0. The van der Waals surface area contributed by atoms with Gasteiger partial charge in [-0.1, -0.05) is 0 Å². The minimum Gasteiger partial charge on any atom is -0.468 e. The average molecular weight is 284 g/mol. The maximum absolute atomic E-state index is 12.1. The minimum absolute atomic E-state index is 0.112. The Hall–Kier alpha value is -1.57. The summed E-state index contributed by atoms with van der Waals surface area (Å²) in [5, 5.41) is 2.91. The number of nitrogens with one attached hydrogen (secondary N) is 2. The highest BCUT2D eigenvalue weighted by Gasteiger charge is 2.21. The third-order valence-electron chi connectivity index (χ3n) is 2.58. The van der Waals surface area contributed by atoms with E-state index in [0.29, 0.717) is 23.8 Å². The van der Waals surface area contributed by atoms with Crippen molar-refractivity contribution >= 4 is 10.0 Å². The van der Waals surface area contributed by atoms with E-state index in [1.807, 2.05) is 0 Å². The normalized spacial score (nSPS) is 11.9. The molecule has 19 heavy (non-hydrogen) atoms. The van der Waals surface area contributed by atoms with Crippen molar-refractivity contribution in [3.63, 3.8) is 0 Å². The molecule has 2 aromatic heterocycles. The Morgan fingerprint density at radius 3 is 2.68 bits per heavy atom. The molecule has 2 heterocycles. The molecular formula is C12H16N2O4S. The zero-order chi connectivity index (χ0) is 13.9. The quantitative estimate of drug-likeness (QED) is 0.837. The fourth-order valence-electron chi connectivity index (χ4n) is 1.71. The predicted molar refractivity (Wildman–Crippen MR) is 68.9 cm³/mol. The van der Waals surface area contributed by atoms with E-state index in [9.17, 15) is 8.42 Å². The van der Waals surface area contributed by atoms with Crippen LogP contribution in [0.5, 0.6) is 0 Å². The van der Waals surface area contributed by atoms with Crippen LogP contribution in [0.1, 0.15) is 17.3 Å². The molecule has 2 aromatic rings. The molecule has 0 amide bonds. The molecule has 0 saturated carbocycles. The SMILES string of the molecule is CNCc1cc(S(=O)(=O)NCc2ccco2)c(C)o1. The second-order valence-electron chi connectivity index (χ2n) is 4.07. The highest BCUT2D eigenvalue weighted by Crippen LogP contribution is 2.20. The zero-order valence-electron chi connectivity index (χ0n) is 10.8. The Labute approximate surface area is 111 Å².